The number of rotatable bonds is 5. The van der Waals surface area contributed by atoms with E-state index in [0.29, 0.717) is 42.7 Å². The van der Waals surface area contributed by atoms with Crippen molar-refractivity contribution in [2.75, 3.05) is 0 Å². The van der Waals surface area contributed by atoms with Crippen molar-refractivity contribution in [3.63, 3.8) is 0 Å². The molecule has 220 valence electrons. The van der Waals surface area contributed by atoms with E-state index in [2.05, 4.69) is 20.3 Å². The number of fused-ring (bicyclic) bond motifs is 2. The Labute approximate surface area is 248 Å². The molecule has 0 spiro atoms. The fraction of sp³-hybridized carbons (Fsp3) is 0.188. The molecule has 12 heteroatoms. The SMILES string of the molecule is O=C(N[C@H]1CC[C@@H](n2c(=O)c3cc(F)cnc3n(-c3cccc(-c4ccccn4)c3)c2=O)CC1)c1cn2cc(F)ccc2n1. The summed E-state index contributed by atoms with van der Waals surface area (Å²) in [6, 6.07) is 15.8. The normalized spacial score (nSPS) is 16.8. The van der Waals surface area contributed by atoms with Crippen LogP contribution in [0.4, 0.5) is 8.78 Å². The second-order valence-corrected chi connectivity index (χ2v) is 10.8. The van der Waals surface area contributed by atoms with Crippen LogP contribution < -0.4 is 16.6 Å². The molecular weight excluding hydrogens is 568 g/mol. The molecule has 0 unspecified atom stereocenters. The Bertz CT molecular complexity index is 2170. The molecule has 0 bridgehead atoms. The summed E-state index contributed by atoms with van der Waals surface area (Å²) in [4.78, 5) is 53.4. The van der Waals surface area contributed by atoms with Gasteiger partial charge in [0.25, 0.3) is 11.5 Å². The number of carbonyl (C=O) groups is 1. The van der Waals surface area contributed by atoms with Crippen molar-refractivity contribution in [3.05, 3.63) is 124 Å². The van der Waals surface area contributed by atoms with Crippen molar-refractivity contribution in [2.45, 2.75) is 37.8 Å². The van der Waals surface area contributed by atoms with Crippen molar-refractivity contribution < 1.29 is 13.6 Å². The minimum Gasteiger partial charge on any atom is -0.348 e. The van der Waals surface area contributed by atoms with Gasteiger partial charge in [0.15, 0.2) is 5.65 Å². The zero-order valence-electron chi connectivity index (χ0n) is 23.2. The zero-order chi connectivity index (χ0) is 30.4. The molecule has 1 fully saturated rings. The molecular formula is C32H25F2N7O3. The van der Waals surface area contributed by atoms with Gasteiger partial charge in [-0.1, -0.05) is 18.2 Å². The maximum absolute atomic E-state index is 14.3. The highest BCUT2D eigenvalue weighted by atomic mass is 19.1. The zero-order valence-corrected chi connectivity index (χ0v) is 23.2. The second-order valence-electron chi connectivity index (χ2n) is 10.8. The number of benzene rings is 1. The molecule has 0 radical (unpaired) electrons. The molecule has 0 saturated heterocycles. The highest BCUT2D eigenvalue weighted by molar-refractivity contribution is 5.93. The molecule has 1 aliphatic carbocycles. The maximum Gasteiger partial charge on any atom is 0.337 e. The predicted octanol–water partition coefficient (Wildman–Crippen LogP) is 4.45. The van der Waals surface area contributed by atoms with E-state index in [1.807, 2.05) is 24.3 Å². The second kappa shape index (κ2) is 11.0. The number of amides is 1. The van der Waals surface area contributed by atoms with Crippen LogP contribution in [0.2, 0.25) is 0 Å². The van der Waals surface area contributed by atoms with Crippen LogP contribution >= 0.6 is 0 Å². The van der Waals surface area contributed by atoms with E-state index in [-0.39, 0.29) is 22.8 Å². The van der Waals surface area contributed by atoms with Gasteiger partial charge < -0.3 is 9.72 Å². The van der Waals surface area contributed by atoms with E-state index in [1.54, 1.807) is 24.4 Å². The summed E-state index contributed by atoms with van der Waals surface area (Å²) in [6.07, 6.45) is 7.22. The van der Waals surface area contributed by atoms with Crippen LogP contribution in [0, 0.1) is 11.6 Å². The van der Waals surface area contributed by atoms with Crippen LogP contribution in [-0.2, 0) is 0 Å². The van der Waals surface area contributed by atoms with E-state index in [0.717, 1.165) is 17.8 Å². The molecule has 6 aromatic rings. The molecule has 1 aromatic carbocycles. The summed E-state index contributed by atoms with van der Waals surface area (Å²) >= 11 is 0. The van der Waals surface area contributed by atoms with Crippen LogP contribution in [0.1, 0.15) is 42.2 Å². The van der Waals surface area contributed by atoms with Gasteiger partial charge in [0.2, 0.25) is 0 Å². The predicted molar refractivity (Wildman–Crippen MR) is 159 cm³/mol. The molecule has 1 amide bonds. The Balaban J connectivity index is 1.19. The van der Waals surface area contributed by atoms with E-state index in [1.165, 1.54) is 38.1 Å². The molecule has 5 heterocycles. The lowest BCUT2D eigenvalue weighted by atomic mass is 9.90. The number of aromatic nitrogens is 6. The minimum atomic E-state index is -0.685. The van der Waals surface area contributed by atoms with E-state index < -0.39 is 34.8 Å². The lowest BCUT2D eigenvalue weighted by Crippen LogP contribution is -2.45. The minimum absolute atomic E-state index is 0.00782. The van der Waals surface area contributed by atoms with Gasteiger partial charge in [-0.3, -0.25) is 19.1 Å². The smallest absolute Gasteiger partial charge is 0.337 e. The summed E-state index contributed by atoms with van der Waals surface area (Å²) in [5.41, 5.74) is 1.40. The first-order valence-electron chi connectivity index (χ1n) is 14.2. The third kappa shape index (κ3) is 4.93. The lowest BCUT2D eigenvalue weighted by molar-refractivity contribution is 0.0917. The summed E-state index contributed by atoms with van der Waals surface area (Å²) < 4.78 is 31.9. The Morgan fingerprint density at radius 1 is 0.886 bits per heavy atom. The summed E-state index contributed by atoms with van der Waals surface area (Å²) in [5, 5.41) is 2.96. The number of carbonyl (C=O) groups excluding carboxylic acids is 1. The van der Waals surface area contributed by atoms with Crippen molar-refractivity contribution in [1.29, 1.82) is 0 Å². The average molecular weight is 594 g/mol. The highest BCUT2D eigenvalue weighted by Gasteiger charge is 2.28. The van der Waals surface area contributed by atoms with E-state index in [9.17, 15) is 23.2 Å². The molecule has 44 heavy (non-hydrogen) atoms. The number of pyridine rings is 3. The monoisotopic (exact) mass is 593 g/mol. The average Bonchev–Trinajstić information content (AvgIpc) is 3.46. The third-order valence-electron chi connectivity index (χ3n) is 8.00. The molecule has 0 atom stereocenters. The van der Waals surface area contributed by atoms with Crippen LogP contribution in [0.3, 0.4) is 0 Å². The Morgan fingerprint density at radius 2 is 1.73 bits per heavy atom. The first-order valence-corrected chi connectivity index (χ1v) is 14.2. The van der Waals surface area contributed by atoms with Crippen molar-refractivity contribution >= 4 is 22.6 Å². The topological polar surface area (TPSA) is 116 Å². The van der Waals surface area contributed by atoms with Crippen molar-refractivity contribution in [1.82, 2.24) is 33.8 Å². The van der Waals surface area contributed by atoms with Gasteiger partial charge in [-0.2, -0.15) is 0 Å². The Morgan fingerprint density at radius 3 is 2.52 bits per heavy atom. The van der Waals surface area contributed by atoms with Crippen LogP contribution in [0.15, 0.2) is 95.0 Å². The fourth-order valence-electron chi connectivity index (χ4n) is 5.89. The quantitative estimate of drug-likeness (QED) is 0.316. The van der Waals surface area contributed by atoms with Crippen LogP contribution in [-0.4, -0.2) is 40.4 Å². The van der Waals surface area contributed by atoms with Gasteiger partial charge in [0.1, 0.15) is 23.0 Å². The first-order chi connectivity index (χ1) is 21.4. The molecule has 1 N–H and O–H groups in total. The van der Waals surface area contributed by atoms with Crippen molar-refractivity contribution in [2.24, 2.45) is 0 Å². The van der Waals surface area contributed by atoms with E-state index in [4.69, 9.17) is 0 Å². The van der Waals surface area contributed by atoms with Gasteiger partial charge in [-0.25, -0.2) is 28.1 Å². The molecule has 7 rings (SSSR count). The number of imidazole rings is 1. The summed E-state index contributed by atoms with van der Waals surface area (Å²) in [6.45, 7) is 0. The maximum atomic E-state index is 14.3. The number of nitrogens with zero attached hydrogens (tertiary/aromatic N) is 6. The Hall–Kier alpha value is -5.52. The molecule has 10 nitrogen and oxygen atoms in total. The Kier molecular flexibility index (Phi) is 6.80. The van der Waals surface area contributed by atoms with Gasteiger partial charge >= 0.3 is 5.69 Å². The standard InChI is InChI=1S/C32H25F2N7O3/c33-20-7-12-28-38-27(18-39(28)17-20)30(42)37-22-8-10-23(11-9-22)41-31(43)25-15-21(34)16-36-29(25)40(32(41)44)24-5-3-4-19(14-24)26-6-1-2-13-35-26/h1-7,12-18,22-23H,8-11H2,(H,37,42)/t22-,23+. The number of nitrogens with one attached hydrogen (secondary N) is 1. The number of hydrogen-bond acceptors (Lipinski definition) is 6. The fourth-order valence-corrected chi connectivity index (χ4v) is 5.89. The molecule has 0 aliphatic heterocycles. The van der Waals surface area contributed by atoms with Crippen molar-refractivity contribution in [3.8, 4) is 16.9 Å². The van der Waals surface area contributed by atoms with Gasteiger partial charge in [-0.05, 0) is 68.1 Å². The first kappa shape index (κ1) is 27.3. The van der Waals surface area contributed by atoms with Gasteiger partial charge in [-0.15, -0.1) is 0 Å². The number of hydrogen-bond donors (Lipinski definition) is 1. The third-order valence-corrected chi connectivity index (χ3v) is 8.00. The number of halogens is 2. The summed E-state index contributed by atoms with van der Waals surface area (Å²) in [7, 11) is 0. The lowest BCUT2D eigenvalue weighted by Gasteiger charge is -2.30. The largest absolute Gasteiger partial charge is 0.348 e. The molecule has 5 aromatic heterocycles. The van der Waals surface area contributed by atoms with Gasteiger partial charge in [0.05, 0.1) is 23.0 Å². The molecule has 1 aliphatic rings. The summed E-state index contributed by atoms with van der Waals surface area (Å²) in [5.74, 6) is -1.52. The van der Waals surface area contributed by atoms with Crippen LogP contribution in [0.25, 0.3) is 33.6 Å². The van der Waals surface area contributed by atoms with E-state index >= 15 is 0 Å². The highest BCUT2D eigenvalue weighted by Crippen LogP contribution is 2.28. The van der Waals surface area contributed by atoms with Crippen LogP contribution in [0.5, 0.6) is 0 Å². The van der Waals surface area contributed by atoms with Gasteiger partial charge in [0, 0.05) is 36.2 Å². The molecule has 1 saturated carbocycles.